The largest absolute Gasteiger partial charge is 0.350 e. The zero-order valence-electron chi connectivity index (χ0n) is 15.9. The lowest BCUT2D eigenvalue weighted by molar-refractivity contribution is -0.0956. The molecule has 0 radical (unpaired) electrons. The molecule has 0 bridgehead atoms. The molecule has 4 rings (SSSR count). The Kier molecular flexibility index (Phi) is 5.75. The Balaban J connectivity index is 1.47. The van der Waals surface area contributed by atoms with Crippen LogP contribution in [-0.4, -0.2) is 56.4 Å². The topological polar surface area (TPSA) is 59.1 Å². The van der Waals surface area contributed by atoms with Crippen LogP contribution in [0.15, 0.2) is 41.8 Å². The van der Waals surface area contributed by atoms with Crippen LogP contribution in [0.3, 0.4) is 0 Å². The first-order valence-corrected chi connectivity index (χ1v) is 10.5. The van der Waals surface area contributed by atoms with Gasteiger partial charge in [0.2, 0.25) is 0 Å². The molecule has 1 aromatic carbocycles. The average Bonchev–Trinajstić information content (AvgIpc) is 3.46. The number of carbonyl (C=O) groups is 2. The molecular formula is C21H24N2O4S. The highest BCUT2D eigenvalue weighted by molar-refractivity contribution is 7.12. The van der Waals surface area contributed by atoms with Gasteiger partial charge in [-0.2, -0.15) is 0 Å². The quantitative estimate of drug-likeness (QED) is 0.791. The molecule has 0 spiro atoms. The molecule has 2 fully saturated rings. The first-order chi connectivity index (χ1) is 13.6. The van der Waals surface area contributed by atoms with Gasteiger partial charge in [-0.15, -0.1) is 11.3 Å². The number of hydrogen-bond acceptors (Lipinski definition) is 5. The molecule has 7 heteroatoms. The standard InChI is InChI=1S/C21H24N2O4S/c1-22(20(25)18-7-4-14-28-18)17-6-3-2-5-16(17)19(24)23-10-8-15(9-11-23)21-26-12-13-27-21/h2-7,14-15,21H,8-13H2,1H3. The number of para-hydroxylation sites is 1. The highest BCUT2D eigenvalue weighted by atomic mass is 32.1. The van der Waals surface area contributed by atoms with E-state index in [1.807, 2.05) is 34.5 Å². The van der Waals surface area contributed by atoms with Crippen molar-refractivity contribution in [3.63, 3.8) is 0 Å². The van der Waals surface area contributed by atoms with Crippen LogP contribution in [0.1, 0.15) is 32.9 Å². The maximum atomic E-state index is 13.2. The van der Waals surface area contributed by atoms with E-state index in [4.69, 9.17) is 9.47 Å². The molecule has 0 atom stereocenters. The molecule has 2 saturated heterocycles. The van der Waals surface area contributed by atoms with Crippen LogP contribution >= 0.6 is 11.3 Å². The zero-order valence-corrected chi connectivity index (χ0v) is 16.7. The van der Waals surface area contributed by atoms with Gasteiger partial charge in [-0.05, 0) is 36.4 Å². The van der Waals surface area contributed by atoms with E-state index in [0.29, 0.717) is 48.3 Å². The molecule has 28 heavy (non-hydrogen) atoms. The van der Waals surface area contributed by atoms with Gasteiger partial charge in [-0.25, -0.2) is 0 Å². The van der Waals surface area contributed by atoms with Crippen LogP contribution in [-0.2, 0) is 9.47 Å². The fourth-order valence-electron chi connectivity index (χ4n) is 3.82. The summed E-state index contributed by atoms with van der Waals surface area (Å²) in [5.41, 5.74) is 1.19. The van der Waals surface area contributed by atoms with Crippen molar-refractivity contribution in [1.82, 2.24) is 4.90 Å². The third-order valence-corrected chi connectivity index (χ3v) is 6.25. The number of hydrogen-bond donors (Lipinski definition) is 0. The molecule has 2 aromatic rings. The number of benzene rings is 1. The first kappa shape index (κ1) is 19.1. The lowest BCUT2D eigenvalue weighted by atomic mass is 9.95. The van der Waals surface area contributed by atoms with Crippen molar-refractivity contribution in [2.24, 2.45) is 5.92 Å². The Morgan fingerprint density at radius 2 is 1.79 bits per heavy atom. The number of nitrogens with zero attached hydrogens (tertiary/aromatic N) is 2. The lowest BCUT2D eigenvalue weighted by Gasteiger charge is -2.34. The third-order valence-electron chi connectivity index (χ3n) is 5.39. The van der Waals surface area contributed by atoms with Crippen LogP contribution in [0, 0.1) is 5.92 Å². The molecule has 2 aliphatic heterocycles. The number of anilines is 1. The summed E-state index contributed by atoms with van der Waals surface area (Å²) in [6.07, 6.45) is 1.60. The Morgan fingerprint density at radius 3 is 2.46 bits per heavy atom. The van der Waals surface area contributed by atoms with Gasteiger partial charge >= 0.3 is 0 Å². The number of amides is 2. The summed E-state index contributed by atoms with van der Waals surface area (Å²) in [5, 5.41) is 1.88. The van der Waals surface area contributed by atoms with Crippen LogP contribution in [0.4, 0.5) is 5.69 Å². The smallest absolute Gasteiger partial charge is 0.268 e. The normalized spacial score (nSPS) is 18.4. The van der Waals surface area contributed by atoms with E-state index in [9.17, 15) is 9.59 Å². The van der Waals surface area contributed by atoms with Gasteiger partial charge in [0, 0.05) is 26.1 Å². The Labute approximate surface area is 168 Å². The summed E-state index contributed by atoms with van der Waals surface area (Å²) in [4.78, 5) is 30.0. The molecule has 6 nitrogen and oxygen atoms in total. The van der Waals surface area contributed by atoms with E-state index in [1.54, 1.807) is 24.1 Å². The third kappa shape index (κ3) is 3.83. The maximum Gasteiger partial charge on any atom is 0.268 e. The summed E-state index contributed by atoms with van der Waals surface area (Å²) in [6, 6.07) is 11.0. The van der Waals surface area contributed by atoms with E-state index in [0.717, 1.165) is 12.8 Å². The Bertz CT molecular complexity index is 825. The second kappa shape index (κ2) is 8.43. The molecule has 0 N–H and O–H groups in total. The van der Waals surface area contributed by atoms with Crippen LogP contribution in [0.5, 0.6) is 0 Å². The van der Waals surface area contributed by atoms with Crippen molar-refractivity contribution in [2.45, 2.75) is 19.1 Å². The molecule has 2 amide bonds. The monoisotopic (exact) mass is 400 g/mol. The number of ether oxygens (including phenoxy) is 2. The fourth-order valence-corrected chi connectivity index (χ4v) is 4.51. The van der Waals surface area contributed by atoms with Gasteiger partial charge in [0.05, 0.1) is 29.3 Å². The predicted molar refractivity (Wildman–Crippen MR) is 108 cm³/mol. The molecule has 1 aromatic heterocycles. The van der Waals surface area contributed by atoms with E-state index in [-0.39, 0.29) is 18.1 Å². The predicted octanol–water partition coefficient (Wildman–Crippen LogP) is 3.25. The van der Waals surface area contributed by atoms with Crippen molar-refractivity contribution >= 4 is 28.8 Å². The second-order valence-corrected chi connectivity index (χ2v) is 8.05. The van der Waals surface area contributed by atoms with E-state index in [2.05, 4.69) is 0 Å². The van der Waals surface area contributed by atoms with Crippen molar-refractivity contribution in [3.8, 4) is 0 Å². The van der Waals surface area contributed by atoms with Crippen LogP contribution in [0.25, 0.3) is 0 Å². The van der Waals surface area contributed by atoms with E-state index >= 15 is 0 Å². The Morgan fingerprint density at radius 1 is 1.07 bits per heavy atom. The van der Waals surface area contributed by atoms with Gasteiger partial charge in [0.25, 0.3) is 11.8 Å². The number of piperidine rings is 1. The molecular weight excluding hydrogens is 376 g/mol. The van der Waals surface area contributed by atoms with Crippen molar-refractivity contribution < 1.29 is 19.1 Å². The fraction of sp³-hybridized carbons (Fsp3) is 0.429. The number of thiophene rings is 1. The number of carbonyl (C=O) groups excluding carboxylic acids is 2. The van der Waals surface area contributed by atoms with Crippen molar-refractivity contribution in [2.75, 3.05) is 38.3 Å². The van der Waals surface area contributed by atoms with Crippen LogP contribution in [0.2, 0.25) is 0 Å². The van der Waals surface area contributed by atoms with Crippen molar-refractivity contribution in [3.05, 3.63) is 52.2 Å². The highest BCUT2D eigenvalue weighted by Crippen LogP contribution is 2.29. The summed E-state index contributed by atoms with van der Waals surface area (Å²) < 4.78 is 11.2. The van der Waals surface area contributed by atoms with Gasteiger partial charge in [-0.1, -0.05) is 18.2 Å². The average molecular weight is 401 g/mol. The van der Waals surface area contributed by atoms with Gasteiger partial charge in [0.1, 0.15) is 0 Å². The summed E-state index contributed by atoms with van der Waals surface area (Å²) in [7, 11) is 1.72. The molecule has 0 aliphatic carbocycles. The van der Waals surface area contributed by atoms with Crippen LogP contribution < -0.4 is 4.90 Å². The van der Waals surface area contributed by atoms with E-state index < -0.39 is 0 Å². The summed E-state index contributed by atoms with van der Waals surface area (Å²) >= 11 is 1.40. The minimum Gasteiger partial charge on any atom is -0.350 e. The summed E-state index contributed by atoms with van der Waals surface area (Å²) in [6.45, 7) is 2.65. The molecule has 0 unspecified atom stereocenters. The van der Waals surface area contributed by atoms with Gasteiger partial charge in [-0.3, -0.25) is 9.59 Å². The maximum absolute atomic E-state index is 13.2. The first-order valence-electron chi connectivity index (χ1n) is 9.58. The number of likely N-dealkylation sites (tertiary alicyclic amines) is 1. The SMILES string of the molecule is CN(C(=O)c1cccs1)c1ccccc1C(=O)N1CCC(C2OCCO2)CC1. The van der Waals surface area contributed by atoms with E-state index in [1.165, 1.54) is 11.3 Å². The van der Waals surface area contributed by atoms with Gasteiger partial charge < -0.3 is 19.3 Å². The second-order valence-electron chi connectivity index (χ2n) is 7.10. The summed E-state index contributed by atoms with van der Waals surface area (Å²) in [5.74, 6) is 0.197. The van der Waals surface area contributed by atoms with Crippen molar-refractivity contribution in [1.29, 1.82) is 0 Å². The van der Waals surface area contributed by atoms with Gasteiger partial charge in [0.15, 0.2) is 6.29 Å². The lowest BCUT2D eigenvalue weighted by Crippen LogP contribution is -2.42. The molecule has 148 valence electrons. The minimum absolute atomic E-state index is 0.0341. The molecule has 2 aliphatic rings. The highest BCUT2D eigenvalue weighted by Gasteiger charge is 2.33. The minimum atomic E-state index is -0.126. The number of rotatable bonds is 4. The Hall–Kier alpha value is -2.22. The molecule has 0 saturated carbocycles. The molecule has 3 heterocycles. The zero-order chi connectivity index (χ0) is 19.5.